The third-order valence-corrected chi connectivity index (χ3v) is 3.92. The van der Waals surface area contributed by atoms with E-state index in [0.29, 0.717) is 18.3 Å². The summed E-state index contributed by atoms with van der Waals surface area (Å²) in [6.07, 6.45) is 3.48. The molecule has 3 rings (SSSR count). The molecule has 0 bridgehead atoms. The molecule has 21 heavy (non-hydrogen) atoms. The molecule has 0 spiro atoms. The fourth-order valence-corrected chi connectivity index (χ4v) is 2.83. The van der Waals surface area contributed by atoms with Gasteiger partial charge >= 0.3 is 0 Å². The van der Waals surface area contributed by atoms with Gasteiger partial charge in [0.25, 0.3) is 0 Å². The van der Waals surface area contributed by atoms with Gasteiger partial charge in [-0.25, -0.2) is 0 Å². The maximum atomic E-state index is 10.1. The summed E-state index contributed by atoms with van der Waals surface area (Å²) in [5.74, 6) is 1.76. The molecule has 1 saturated carbocycles. The van der Waals surface area contributed by atoms with Crippen molar-refractivity contribution in [3.63, 3.8) is 0 Å². The maximum Gasteiger partial charge on any atom is 0.232 e. The van der Waals surface area contributed by atoms with Crippen LogP contribution in [0.4, 0.5) is 0 Å². The van der Waals surface area contributed by atoms with Gasteiger partial charge in [0.05, 0.1) is 24.2 Å². The Morgan fingerprint density at radius 3 is 2.90 bits per heavy atom. The van der Waals surface area contributed by atoms with Crippen LogP contribution in [-0.2, 0) is 0 Å². The van der Waals surface area contributed by atoms with Crippen LogP contribution < -0.4 is 4.74 Å². The van der Waals surface area contributed by atoms with Crippen LogP contribution in [0.15, 0.2) is 28.8 Å². The van der Waals surface area contributed by atoms with Gasteiger partial charge in [-0.3, -0.25) is 0 Å². The number of hydrogen-bond donors (Lipinski definition) is 1. The molecule has 5 nitrogen and oxygen atoms in total. The zero-order valence-electron chi connectivity index (χ0n) is 12.2. The average Bonchev–Trinajstić information content (AvgIpc) is 2.98. The van der Waals surface area contributed by atoms with Crippen molar-refractivity contribution in [1.29, 1.82) is 0 Å². The van der Waals surface area contributed by atoms with Crippen LogP contribution in [0.25, 0.3) is 11.4 Å². The van der Waals surface area contributed by atoms with E-state index in [1.807, 2.05) is 31.2 Å². The normalized spacial score (nSPS) is 22.2. The van der Waals surface area contributed by atoms with Crippen molar-refractivity contribution in [2.24, 2.45) is 0 Å². The van der Waals surface area contributed by atoms with E-state index in [0.717, 1.165) is 37.0 Å². The van der Waals surface area contributed by atoms with Crippen molar-refractivity contribution in [1.82, 2.24) is 10.1 Å². The Morgan fingerprint density at radius 2 is 2.10 bits per heavy atom. The summed E-state index contributed by atoms with van der Waals surface area (Å²) in [5, 5.41) is 14.2. The van der Waals surface area contributed by atoms with Gasteiger partial charge < -0.3 is 14.4 Å². The molecule has 1 aromatic carbocycles. The Kier molecular flexibility index (Phi) is 4.20. The minimum Gasteiger partial charge on any atom is -0.493 e. The number of rotatable bonds is 4. The molecule has 1 aliphatic carbocycles. The second-order valence-corrected chi connectivity index (χ2v) is 5.34. The highest BCUT2D eigenvalue weighted by atomic mass is 16.5. The van der Waals surface area contributed by atoms with E-state index in [2.05, 4.69) is 10.1 Å². The molecule has 0 aliphatic heterocycles. The molecule has 1 fully saturated rings. The largest absolute Gasteiger partial charge is 0.493 e. The van der Waals surface area contributed by atoms with Crippen LogP contribution in [0.1, 0.15) is 44.4 Å². The van der Waals surface area contributed by atoms with Crippen LogP contribution >= 0.6 is 0 Å². The molecule has 0 radical (unpaired) electrons. The first-order chi connectivity index (χ1) is 10.3. The number of aromatic nitrogens is 2. The minimum atomic E-state index is -0.380. The molecule has 1 aromatic heterocycles. The second-order valence-electron chi connectivity index (χ2n) is 5.34. The van der Waals surface area contributed by atoms with Crippen molar-refractivity contribution in [3.05, 3.63) is 30.2 Å². The third kappa shape index (κ3) is 2.93. The molecule has 2 aromatic rings. The zero-order chi connectivity index (χ0) is 14.7. The van der Waals surface area contributed by atoms with E-state index in [1.54, 1.807) is 0 Å². The number of aliphatic hydroxyl groups is 1. The fraction of sp³-hybridized carbons (Fsp3) is 0.500. The standard InChI is InChI=1S/C16H20N2O3/c1-2-20-14-10-6-4-8-12(14)15-17-16(21-18-15)11-7-3-5-9-13(11)19/h4,6,8,10-11,13,19H,2-3,5,7,9H2,1H3. The van der Waals surface area contributed by atoms with E-state index < -0.39 is 0 Å². The molecule has 2 unspecified atom stereocenters. The molecule has 5 heteroatoms. The molecule has 112 valence electrons. The summed E-state index contributed by atoms with van der Waals surface area (Å²) in [5.41, 5.74) is 0.819. The van der Waals surface area contributed by atoms with Crippen LogP contribution in [0, 0.1) is 0 Å². The highest BCUT2D eigenvalue weighted by Crippen LogP contribution is 2.34. The maximum absolute atomic E-state index is 10.1. The highest BCUT2D eigenvalue weighted by Gasteiger charge is 2.29. The minimum absolute atomic E-state index is 0.0424. The fourth-order valence-electron chi connectivity index (χ4n) is 2.83. The lowest BCUT2D eigenvalue weighted by atomic mass is 9.86. The summed E-state index contributed by atoms with van der Waals surface area (Å²) in [6, 6.07) is 7.64. The van der Waals surface area contributed by atoms with Gasteiger partial charge in [-0.2, -0.15) is 4.98 Å². The van der Waals surface area contributed by atoms with Gasteiger partial charge in [-0.1, -0.05) is 30.1 Å². The summed E-state index contributed by atoms with van der Waals surface area (Å²) >= 11 is 0. The van der Waals surface area contributed by atoms with Crippen LogP contribution in [0.3, 0.4) is 0 Å². The number of para-hydroxylation sites is 1. The van der Waals surface area contributed by atoms with Gasteiger partial charge in [-0.05, 0) is 31.9 Å². The third-order valence-electron chi connectivity index (χ3n) is 3.92. The molecule has 2 atom stereocenters. The molecule has 0 saturated heterocycles. The quantitative estimate of drug-likeness (QED) is 0.936. The zero-order valence-corrected chi connectivity index (χ0v) is 12.2. The number of nitrogens with zero attached hydrogens (tertiary/aromatic N) is 2. The van der Waals surface area contributed by atoms with E-state index in [9.17, 15) is 5.11 Å². The number of ether oxygens (including phenoxy) is 1. The first-order valence-electron chi connectivity index (χ1n) is 7.53. The number of aliphatic hydroxyl groups excluding tert-OH is 1. The average molecular weight is 288 g/mol. The number of benzene rings is 1. The van der Waals surface area contributed by atoms with Crippen molar-refractivity contribution < 1.29 is 14.4 Å². The summed E-state index contributed by atoms with van der Waals surface area (Å²) in [7, 11) is 0. The van der Waals surface area contributed by atoms with Gasteiger partial charge in [-0.15, -0.1) is 0 Å². The van der Waals surface area contributed by atoms with Gasteiger partial charge in [0, 0.05) is 0 Å². The van der Waals surface area contributed by atoms with Crippen molar-refractivity contribution in [3.8, 4) is 17.1 Å². The Labute approximate surface area is 123 Å². The Morgan fingerprint density at radius 1 is 1.29 bits per heavy atom. The van der Waals surface area contributed by atoms with Crippen molar-refractivity contribution in [2.45, 2.75) is 44.6 Å². The van der Waals surface area contributed by atoms with Crippen molar-refractivity contribution in [2.75, 3.05) is 6.61 Å². The Hall–Kier alpha value is -1.88. The predicted octanol–water partition coefficient (Wildman–Crippen LogP) is 3.15. The SMILES string of the molecule is CCOc1ccccc1-c1noc(C2CCCCC2O)n1. The molecule has 0 amide bonds. The van der Waals surface area contributed by atoms with Gasteiger partial charge in [0.1, 0.15) is 5.75 Å². The second kappa shape index (κ2) is 6.26. The summed E-state index contributed by atoms with van der Waals surface area (Å²) < 4.78 is 11.0. The van der Waals surface area contributed by atoms with Crippen LogP contribution in [-0.4, -0.2) is 28.0 Å². The molecule has 1 aliphatic rings. The Balaban J connectivity index is 1.88. The predicted molar refractivity (Wildman–Crippen MR) is 78.1 cm³/mol. The van der Waals surface area contributed by atoms with Gasteiger partial charge in [0.15, 0.2) is 0 Å². The highest BCUT2D eigenvalue weighted by molar-refractivity contribution is 5.63. The summed E-state index contributed by atoms with van der Waals surface area (Å²) in [6.45, 7) is 2.53. The lowest BCUT2D eigenvalue weighted by Crippen LogP contribution is -2.22. The first kappa shape index (κ1) is 14.1. The first-order valence-corrected chi connectivity index (χ1v) is 7.53. The number of hydrogen-bond acceptors (Lipinski definition) is 5. The van der Waals surface area contributed by atoms with Crippen molar-refractivity contribution >= 4 is 0 Å². The molecular weight excluding hydrogens is 268 g/mol. The van der Waals surface area contributed by atoms with Gasteiger partial charge in [0.2, 0.25) is 11.7 Å². The van der Waals surface area contributed by atoms with Crippen LogP contribution in [0.2, 0.25) is 0 Å². The van der Waals surface area contributed by atoms with Crippen LogP contribution in [0.5, 0.6) is 5.75 Å². The van der Waals surface area contributed by atoms with E-state index in [1.165, 1.54) is 0 Å². The molecular formula is C16H20N2O3. The van der Waals surface area contributed by atoms with E-state index in [4.69, 9.17) is 9.26 Å². The monoisotopic (exact) mass is 288 g/mol. The lowest BCUT2D eigenvalue weighted by molar-refractivity contribution is 0.0908. The lowest BCUT2D eigenvalue weighted by Gasteiger charge is -2.24. The topological polar surface area (TPSA) is 68.4 Å². The van der Waals surface area contributed by atoms with E-state index in [-0.39, 0.29) is 12.0 Å². The van der Waals surface area contributed by atoms with E-state index >= 15 is 0 Å². The molecule has 1 heterocycles. The molecule has 1 N–H and O–H groups in total. The Bertz CT molecular complexity index is 597. The summed E-state index contributed by atoms with van der Waals surface area (Å²) in [4.78, 5) is 4.48. The smallest absolute Gasteiger partial charge is 0.232 e.